The third-order valence-corrected chi connectivity index (χ3v) is 2.90. The van der Waals surface area contributed by atoms with Gasteiger partial charge in [-0.2, -0.15) is 11.3 Å². The van der Waals surface area contributed by atoms with Crippen LogP contribution < -0.4 is 0 Å². The van der Waals surface area contributed by atoms with Gasteiger partial charge >= 0.3 is 0 Å². The first kappa shape index (κ1) is 9.15. The highest BCUT2D eigenvalue weighted by Crippen LogP contribution is 2.15. The molecule has 2 aromatic rings. The van der Waals surface area contributed by atoms with Crippen molar-refractivity contribution in [2.75, 3.05) is 0 Å². The molecular weight excluding hydrogens is 196 g/mol. The molecule has 0 aliphatic heterocycles. The number of nitrogens with zero attached hydrogens (tertiary/aromatic N) is 1. The molecule has 4 heteroatoms. The number of carbonyl (C=O) groups excluding carboxylic acids is 1. The lowest BCUT2D eigenvalue weighted by Gasteiger charge is -1.96. The van der Waals surface area contributed by atoms with E-state index in [1.165, 1.54) is 0 Å². The lowest BCUT2D eigenvalue weighted by Crippen LogP contribution is -2.04. The lowest BCUT2D eigenvalue weighted by molar-refractivity contribution is 0.0991. The molecule has 1 N–H and O–H groups in total. The zero-order valence-electron chi connectivity index (χ0n) is 7.78. The van der Waals surface area contributed by atoms with Crippen molar-refractivity contribution in [3.63, 3.8) is 0 Å². The number of hydrogen-bond acceptors (Lipinski definition) is 3. The van der Waals surface area contributed by atoms with Crippen molar-refractivity contribution in [2.24, 2.45) is 0 Å². The number of aromatic nitrogens is 2. The Hall–Kier alpha value is -1.42. The molecule has 2 heterocycles. The van der Waals surface area contributed by atoms with Crippen LogP contribution in [0.15, 0.2) is 23.2 Å². The van der Waals surface area contributed by atoms with E-state index in [-0.39, 0.29) is 5.78 Å². The SMILES string of the molecule is Cc1cscc1C(=O)Cc1ncc[nH]1. The van der Waals surface area contributed by atoms with Gasteiger partial charge in [0.1, 0.15) is 5.82 Å². The Labute approximate surface area is 85.8 Å². The Morgan fingerprint density at radius 1 is 1.57 bits per heavy atom. The number of thiophene rings is 1. The lowest BCUT2D eigenvalue weighted by atomic mass is 10.1. The third kappa shape index (κ3) is 1.75. The normalized spacial score (nSPS) is 10.4. The molecule has 0 unspecified atom stereocenters. The van der Waals surface area contributed by atoms with Crippen molar-refractivity contribution < 1.29 is 4.79 Å². The van der Waals surface area contributed by atoms with Crippen LogP contribution in [-0.4, -0.2) is 15.8 Å². The number of rotatable bonds is 3. The maximum Gasteiger partial charge on any atom is 0.171 e. The van der Waals surface area contributed by atoms with Gasteiger partial charge in [-0.25, -0.2) is 4.98 Å². The summed E-state index contributed by atoms with van der Waals surface area (Å²) in [6.07, 6.45) is 3.73. The van der Waals surface area contributed by atoms with Gasteiger partial charge in [-0.15, -0.1) is 0 Å². The molecular formula is C10H10N2OS. The molecule has 0 aliphatic rings. The van der Waals surface area contributed by atoms with Crippen LogP contribution in [0, 0.1) is 6.92 Å². The largest absolute Gasteiger partial charge is 0.348 e. The quantitative estimate of drug-likeness (QED) is 0.782. The highest BCUT2D eigenvalue weighted by atomic mass is 32.1. The van der Waals surface area contributed by atoms with Gasteiger partial charge in [0, 0.05) is 23.3 Å². The molecule has 0 bridgehead atoms. The summed E-state index contributed by atoms with van der Waals surface area (Å²) >= 11 is 1.56. The predicted octanol–water partition coefficient (Wildman–Crippen LogP) is 2.21. The van der Waals surface area contributed by atoms with Gasteiger partial charge < -0.3 is 4.98 Å². The molecule has 0 atom stereocenters. The summed E-state index contributed by atoms with van der Waals surface area (Å²) in [6.45, 7) is 1.95. The average molecular weight is 206 g/mol. The summed E-state index contributed by atoms with van der Waals surface area (Å²) < 4.78 is 0. The number of Topliss-reactive ketones (excluding diaryl/α,β-unsaturated/α-hetero) is 1. The smallest absolute Gasteiger partial charge is 0.171 e. The van der Waals surface area contributed by atoms with Crippen LogP contribution in [0.3, 0.4) is 0 Å². The van der Waals surface area contributed by atoms with E-state index in [9.17, 15) is 4.79 Å². The summed E-state index contributed by atoms with van der Waals surface area (Å²) in [5.41, 5.74) is 1.86. The van der Waals surface area contributed by atoms with E-state index in [1.54, 1.807) is 23.7 Å². The van der Waals surface area contributed by atoms with E-state index in [0.29, 0.717) is 6.42 Å². The van der Waals surface area contributed by atoms with Crippen molar-refractivity contribution >= 4 is 17.1 Å². The number of aryl methyl sites for hydroxylation is 1. The van der Waals surface area contributed by atoms with Crippen LogP contribution in [-0.2, 0) is 6.42 Å². The van der Waals surface area contributed by atoms with E-state index in [2.05, 4.69) is 9.97 Å². The fourth-order valence-electron chi connectivity index (χ4n) is 1.29. The molecule has 2 rings (SSSR count). The van der Waals surface area contributed by atoms with E-state index in [0.717, 1.165) is 17.0 Å². The summed E-state index contributed by atoms with van der Waals surface area (Å²) in [5.74, 6) is 0.847. The minimum absolute atomic E-state index is 0.124. The molecule has 0 spiro atoms. The molecule has 0 amide bonds. The van der Waals surface area contributed by atoms with Gasteiger partial charge in [0.05, 0.1) is 6.42 Å². The first-order chi connectivity index (χ1) is 6.77. The Bertz CT molecular complexity index is 431. The molecule has 72 valence electrons. The summed E-state index contributed by atoms with van der Waals surface area (Å²) in [4.78, 5) is 18.7. The summed E-state index contributed by atoms with van der Waals surface area (Å²) in [5, 5.41) is 3.87. The molecule has 0 saturated heterocycles. The topological polar surface area (TPSA) is 45.8 Å². The van der Waals surface area contributed by atoms with Gasteiger partial charge in [-0.3, -0.25) is 4.79 Å². The highest BCUT2D eigenvalue weighted by Gasteiger charge is 2.11. The second-order valence-electron chi connectivity index (χ2n) is 3.10. The minimum atomic E-state index is 0.124. The predicted molar refractivity (Wildman–Crippen MR) is 55.7 cm³/mol. The second-order valence-corrected chi connectivity index (χ2v) is 3.85. The van der Waals surface area contributed by atoms with Gasteiger partial charge in [0.25, 0.3) is 0 Å². The summed E-state index contributed by atoms with van der Waals surface area (Å²) in [6, 6.07) is 0. The van der Waals surface area contributed by atoms with Crippen molar-refractivity contribution in [3.05, 3.63) is 40.1 Å². The Morgan fingerprint density at radius 3 is 3.00 bits per heavy atom. The van der Waals surface area contributed by atoms with Crippen molar-refractivity contribution in [1.29, 1.82) is 0 Å². The van der Waals surface area contributed by atoms with Gasteiger partial charge in [0.15, 0.2) is 5.78 Å². The Morgan fingerprint density at radius 2 is 2.43 bits per heavy atom. The molecule has 2 aromatic heterocycles. The highest BCUT2D eigenvalue weighted by molar-refractivity contribution is 7.08. The molecule has 0 fully saturated rings. The molecule has 0 radical (unpaired) electrons. The van der Waals surface area contributed by atoms with Crippen LogP contribution >= 0.6 is 11.3 Å². The molecule has 0 aromatic carbocycles. The second kappa shape index (κ2) is 3.75. The van der Waals surface area contributed by atoms with E-state index in [1.807, 2.05) is 17.7 Å². The Kier molecular flexibility index (Phi) is 2.45. The van der Waals surface area contributed by atoms with Crippen LogP contribution in [0.25, 0.3) is 0 Å². The van der Waals surface area contributed by atoms with Crippen LogP contribution in [0.1, 0.15) is 21.7 Å². The van der Waals surface area contributed by atoms with Crippen LogP contribution in [0.2, 0.25) is 0 Å². The van der Waals surface area contributed by atoms with Crippen LogP contribution in [0.5, 0.6) is 0 Å². The molecule has 0 aliphatic carbocycles. The van der Waals surface area contributed by atoms with Gasteiger partial charge in [-0.05, 0) is 17.9 Å². The van der Waals surface area contributed by atoms with Crippen LogP contribution in [0.4, 0.5) is 0 Å². The monoisotopic (exact) mass is 206 g/mol. The molecule has 3 nitrogen and oxygen atoms in total. The summed E-state index contributed by atoms with van der Waals surface area (Å²) in [7, 11) is 0. The number of hydrogen-bond donors (Lipinski definition) is 1. The number of aromatic amines is 1. The van der Waals surface area contributed by atoms with E-state index >= 15 is 0 Å². The number of nitrogens with one attached hydrogen (secondary N) is 1. The maximum atomic E-state index is 11.7. The molecule has 0 saturated carbocycles. The fraction of sp³-hybridized carbons (Fsp3) is 0.200. The minimum Gasteiger partial charge on any atom is -0.348 e. The number of imidazole rings is 1. The fourth-order valence-corrected chi connectivity index (χ4v) is 2.14. The number of ketones is 1. The van der Waals surface area contributed by atoms with Crippen molar-refractivity contribution in [1.82, 2.24) is 9.97 Å². The third-order valence-electron chi connectivity index (χ3n) is 2.04. The number of carbonyl (C=O) groups is 1. The molecule has 14 heavy (non-hydrogen) atoms. The van der Waals surface area contributed by atoms with E-state index < -0.39 is 0 Å². The average Bonchev–Trinajstić information content (AvgIpc) is 2.75. The van der Waals surface area contributed by atoms with E-state index in [4.69, 9.17) is 0 Å². The first-order valence-corrected chi connectivity index (χ1v) is 5.26. The zero-order chi connectivity index (χ0) is 9.97. The zero-order valence-corrected chi connectivity index (χ0v) is 8.60. The van der Waals surface area contributed by atoms with Crippen molar-refractivity contribution in [2.45, 2.75) is 13.3 Å². The Balaban J connectivity index is 2.14. The standard InChI is InChI=1S/C10H10N2OS/c1-7-5-14-6-8(7)9(13)4-10-11-2-3-12-10/h2-3,5-6H,4H2,1H3,(H,11,12). The van der Waals surface area contributed by atoms with Gasteiger partial charge in [0.2, 0.25) is 0 Å². The first-order valence-electron chi connectivity index (χ1n) is 4.31. The van der Waals surface area contributed by atoms with Gasteiger partial charge in [-0.1, -0.05) is 0 Å². The number of H-pyrrole nitrogens is 1. The maximum absolute atomic E-state index is 11.7. The van der Waals surface area contributed by atoms with Crippen molar-refractivity contribution in [3.8, 4) is 0 Å².